The fraction of sp³-hybridized carbons (Fsp3) is 1.00. The first kappa shape index (κ1) is 10.4. The smallest absolute Gasteiger partial charge is 0.0710 e. The number of aliphatic hydroxyl groups excluding tert-OH is 1. The van der Waals surface area contributed by atoms with Crippen LogP contribution in [0.1, 0.15) is 32.6 Å². The molecule has 0 aromatic carbocycles. The topological polar surface area (TPSA) is 35.5 Å². The third-order valence-electron chi connectivity index (χ3n) is 3.52. The highest BCUT2D eigenvalue weighted by atomic mass is 16.3. The van der Waals surface area contributed by atoms with E-state index in [4.69, 9.17) is 0 Å². The molecule has 2 N–H and O–H groups in total. The minimum absolute atomic E-state index is 0.0967. The second-order valence-electron chi connectivity index (χ2n) is 4.66. The number of hydrogen-bond acceptors (Lipinski definition) is 3. The van der Waals surface area contributed by atoms with Gasteiger partial charge in [-0.1, -0.05) is 6.92 Å². The zero-order valence-corrected chi connectivity index (χ0v) is 9.08. The van der Waals surface area contributed by atoms with Gasteiger partial charge in [0.25, 0.3) is 0 Å². The quantitative estimate of drug-likeness (QED) is 0.696. The van der Waals surface area contributed by atoms with Crippen molar-refractivity contribution in [2.45, 2.75) is 50.8 Å². The fourth-order valence-corrected chi connectivity index (χ4v) is 2.82. The fourth-order valence-electron chi connectivity index (χ4n) is 2.82. The average Bonchev–Trinajstić information content (AvgIpc) is 2.63. The molecule has 3 unspecified atom stereocenters. The van der Waals surface area contributed by atoms with E-state index in [-0.39, 0.29) is 6.10 Å². The highest BCUT2D eigenvalue weighted by Crippen LogP contribution is 2.27. The average molecular weight is 198 g/mol. The van der Waals surface area contributed by atoms with Gasteiger partial charge in [0.05, 0.1) is 6.10 Å². The molecule has 3 nitrogen and oxygen atoms in total. The lowest BCUT2D eigenvalue weighted by atomic mass is 9.96. The van der Waals surface area contributed by atoms with Crippen molar-refractivity contribution in [3.8, 4) is 0 Å². The van der Waals surface area contributed by atoms with Gasteiger partial charge in [0.1, 0.15) is 0 Å². The second kappa shape index (κ2) is 4.60. The van der Waals surface area contributed by atoms with E-state index < -0.39 is 0 Å². The van der Waals surface area contributed by atoms with E-state index in [0.29, 0.717) is 12.1 Å². The third kappa shape index (κ3) is 2.10. The van der Waals surface area contributed by atoms with Crippen LogP contribution in [-0.2, 0) is 0 Å². The molecule has 2 aliphatic heterocycles. The summed E-state index contributed by atoms with van der Waals surface area (Å²) in [6.07, 6.45) is 4.49. The molecule has 0 bridgehead atoms. The predicted octanol–water partition coefficient (Wildman–Crippen LogP) is 0.584. The Morgan fingerprint density at radius 3 is 3.14 bits per heavy atom. The molecule has 3 atom stereocenters. The van der Waals surface area contributed by atoms with Gasteiger partial charge in [0.15, 0.2) is 0 Å². The zero-order valence-electron chi connectivity index (χ0n) is 9.08. The number of nitrogens with zero attached hydrogens (tertiary/aromatic N) is 1. The molecule has 0 amide bonds. The molecule has 0 radical (unpaired) electrons. The van der Waals surface area contributed by atoms with Crippen LogP contribution in [-0.4, -0.2) is 47.8 Å². The van der Waals surface area contributed by atoms with Crippen LogP contribution >= 0.6 is 0 Å². The summed E-state index contributed by atoms with van der Waals surface area (Å²) in [6, 6.07) is 0.981. The Morgan fingerprint density at radius 1 is 1.50 bits per heavy atom. The Kier molecular flexibility index (Phi) is 3.42. The Balaban J connectivity index is 1.85. The number of aliphatic hydroxyl groups is 1. The predicted molar refractivity (Wildman–Crippen MR) is 57.3 cm³/mol. The van der Waals surface area contributed by atoms with E-state index >= 15 is 0 Å². The molecular weight excluding hydrogens is 176 g/mol. The van der Waals surface area contributed by atoms with Crippen LogP contribution in [0, 0.1) is 0 Å². The molecule has 0 saturated carbocycles. The summed E-state index contributed by atoms with van der Waals surface area (Å²) in [5.41, 5.74) is 0. The highest BCUT2D eigenvalue weighted by molar-refractivity contribution is 4.94. The molecule has 0 aliphatic carbocycles. The van der Waals surface area contributed by atoms with Crippen LogP contribution in [0.3, 0.4) is 0 Å². The second-order valence-corrected chi connectivity index (χ2v) is 4.66. The van der Waals surface area contributed by atoms with E-state index in [1.165, 1.54) is 25.8 Å². The highest BCUT2D eigenvalue weighted by Gasteiger charge is 2.37. The minimum Gasteiger partial charge on any atom is -0.391 e. The molecule has 3 heteroatoms. The Bertz CT molecular complexity index is 186. The third-order valence-corrected chi connectivity index (χ3v) is 3.52. The first-order chi connectivity index (χ1) is 6.81. The largest absolute Gasteiger partial charge is 0.391 e. The van der Waals surface area contributed by atoms with E-state index in [0.717, 1.165) is 19.5 Å². The zero-order chi connectivity index (χ0) is 9.97. The van der Waals surface area contributed by atoms with E-state index in [9.17, 15) is 5.11 Å². The molecule has 0 aromatic rings. The number of hydrogen-bond donors (Lipinski definition) is 2. The SMILES string of the molecule is CCCNC1CC(O)C2CCCN2C1. The van der Waals surface area contributed by atoms with Crippen LogP contribution < -0.4 is 5.32 Å². The van der Waals surface area contributed by atoms with Gasteiger partial charge in [0.2, 0.25) is 0 Å². The Labute approximate surface area is 86.5 Å². The maximum Gasteiger partial charge on any atom is 0.0710 e. The molecule has 0 aromatic heterocycles. The van der Waals surface area contributed by atoms with Crippen LogP contribution in [0.25, 0.3) is 0 Å². The van der Waals surface area contributed by atoms with Crippen molar-refractivity contribution in [1.29, 1.82) is 0 Å². The lowest BCUT2D eigenvalue weighted by molar-refractivity contribution is 0.0181. The van der Waals surface area contributed by atoms with Gasteiger partial charge < -0.3 is 10.4 Å². The number of piperidine rings is 1. The molecule has 14 heavy (non-hydrogen) atoms. The lowest BCUT2D eigenvalue weighted by Crippen LogP contribution is -2.54. The lowest BCUT2D eigenvalue weighted by Gasteiger charge is -2.39. The van der Waals surface area contributed by atoms with Crippen LogP contribution in [0.2, 0.25) is 0 Å². The summed E-state index contributed by atoms with van der Waals surface area (Å²) in [4.78, 5) is 2.46. The van der Waals surface area contributed by atoms with E-state index in [2.05, 4.69) is 17.1 Å². The summed E-state index contributed by atoms with van der Waals surface area (Å²) < 4.78 is 0. The summed E-state index contributed by atoms with van der Waals surface area (Å²) >= 11 is 0. The Morgan fingerprint density at radius 2 is 2.36 bits per heavy atom. The van der Waals surface area contributed by atoms with E-state index in [1.54, 1.807) is 0 Å². The normalized spacial score (nSPS) is 38.6. The van der Waals surface area contributed by atoms with E-state index in [1.807, 2.05) is 0 Å². The van der Waals surface area contributed by atoms with Crippen molar-refractivity contribution >= 4 is 0 Å². The molecule has 2 fully saturated rings. The van der Waals surface area contributed by atoms with Gasteiger partial charge >= 0.3 is 0 Å². The molecule has 82 valence electrons. The summed E-state index contributed by atoms with van der Waals surface area (Å²) in [7, 11) is 0. The molecule has 0 spiro atoms. The molecule has 2 saturated heterocycles. The van der Waals surface area contributed by atoms with Crippen LogP contribution in [0.4, 0.5) is 0 Å². The van der Waals surface area contributed by atoms with Crippen molar-refractivity contribution in [2.24, 2.45) is 0 Å². The summed E-state index contributed by atoms with van der Waals surface area (Å²) in [6.45, 7) is 5.59. The minimum atomic E-state index is -0.0967. The van der Waals surface area contributed by atoms with Crippen molar-refractivity contribution in [3.05, 3.63) is 0 Å². The van der Waals surface area contributed by atoms with Gasteiger partial charge in [-0.25, -0.2) is 0 Å². The first-order valence-corrected chi connectivity index (χ1v) is 5.96. The maximum atomic E-state index is 9.97. The van der Waals surface area contributed by atoms with Crippen LogP contribution in [0.15, 0.2) is 0 Å². The monoisotopic (exact) mass is 198 g/mol. The van der Waals surface area contributed by atoms with Crippen molar-refractivity contribution in [2.75, 3.05) is 19.6 Å². The molecule has 2 rings (SSSR count). The maximum absolute atomic E-state index is 9.97. The molecular formula is C11H22N2O. The summed E-state index contributed by atoms with van der Waals surface area (Å²) in [5.74, 6) is 0. The van der Waals surface area contributed by atoms with Crippen molar-refractivity contribution < 1.29 is 5.11 Å². The number of nitrogens with one attached hydrogen (secondary N) is 1. The molecule has 2 aliphatic rings. The van der Waals surface area contributed by atoms with Gasteiger partial charge in [-0.05, 0) is 38.8 Å². The van der Waals surface area contributed by atoms with Gasteiger partial charge in [-0.3, -0.25) is 4.90 Å². The van der Waals surface area contributed by atoms with Gasteiger partial charge in [-0.2, -0.15) is 0 Å². The number of rotatable bonds is 3. The van der Waals surface area contributed by atoms with Crippen molar-refractivity contribution in [1.82, 2.24) is 10.2 Å². The molecule has 2 heterocycles. The standard InChI is InChI=1S/C11H22N2O/c1-2-5-12-9-7-11(14)10-4-3-6-13(10)8-9/h9-12,14H,2-8H2,1H3. The number of fused-ring (bicyclic) bond motifs is 1. The van der Waals surface area contributed by atoms with Gasteiger partial charge in [-0.15, -0.1) is 0 Å². The van der Waals surface area contributed by atoms with Crippen LogP contribution in [0.5, 0.6) is 0 Å². The van der Waals surface area contributed by atoms with Gasteiger partial charge in [0, 0.05) is 18.6 Å². The Hall–Kier alpha value is -0.120. The first-order valence-electron chi connectivity index (χ1n) is 5.96. The summed E-state index contributed by atoms with van der Waals surface area (Å²) in [5, 5.41) is 13.5. The van der Waals surface area contributed by atoms with Crippen molar-refractivity contribution in [3.63, 3.8) is 0 Å².